The van der Waals surface area contributed by atoms with E-state index in [-0.39, 0.29) is 5.41 Å². The first-order valence-corrected chi connectivity index (χ1v) is 20.3. The summed E-state index contributed by atoms with van der Waals surface area (Å²) in [4.78, 5) is 2.49. The van der Waals surface area contributed by atoms with Gasteiger partial charge in [0.2, 0.25) is 0 Å². The maximum atomic E-state index is 2.50. The molecule has 0 heterocycles. The number of rotatable bonds is 7. The molecule has 1 nitrogen and oxygen atoms in total. The summed E-state index contributed by atoms with van der Waals surface area (Å²) in [6, 6.07) is 55.6. The second-order valence-electron chi connectivity index (χ2n) is 17.1. The summed E-state index contributed by atoms with van der Waals surface area (Å²) in [5, 5.41) is 2.59. The van der Waals surface area contributed by atoms with Gasteiger partial charge in [-0.1, -0.05) is 135 Å². The molecule has 0 aliphatic heterocycles. The fourth-order valence-electron chi connectivity index (χ4n) is 11.9. The summed E-state index contributed by atoms with van der Waals surface area (Å²) in [6.07, 6.45) is 16.4. The highest BCUT2D eigenvalue weighted by Gasteiger charge is 2.51. The van der Waals surface area contributed by atoms with E-state index in [0.29, 0.717) is 5.41 Å². The molecule has 5 aliphatic rings. The normalized spacial score (nSPS) is 24.8. The van der Waals surface area contributed by atoms with Gasteiger partial charge in [-0.25, -0.2) is 0 Å². The Morgan fingerprint density at radius 2 is 0.923 bits per heavy atom. The monoisotopic (exact) mass is 677 g/mol. The highest BCUT2D eigenvalue weighted by atomic mass is 15.1. The highest BCUT2D eigenvalue weighted by Crippen LogP contribution is 2.61. The van der Waals surface area contributed by atoms with Crippen LogP contribution in [0.2, 0.25) is 0 Å². The second-order valence-corrected chi connectivity index (χ2v) is 17.1. The van der Waals surface area contributed by atoms with E-state index < -0.39 is 0 Å². The third-order valence-electron chi connectivity index (χ3n) is 14.0. The summed E-state index contributed by atoms with van der Waals surface area (Å²) in [5.41, 5.74) is 11.2. The number of fused-ring (bicyclic) bond motifs is 1. The molecule has 0 unspecified atom stereocenters. The third kappa shape index (κ3) is 5.60. The molecule has 5 fully saturated rings. The Bertz CT molecular complexity index is 2110. The van der Waals surface area contributed by atoms with Crippen molar-refractivity contribution in [2.24, 2.45) is 17.8 Å². The maximum Gasteiger partial charge on any atom is 0.0462 e. The largest absolute Gasteiger partial charge is 0.311 e. The van der Waals surface area contributed by atoms with Crippen molar-refractivity contribution in [3.05, 3.63) is 162 Å². The Morgan fingerprint density at radius 3 is 1.54 bits per heavy atom. The Kier molecular flexibility index (Phi) is 8.08. The molecule has 6 aromatic rings. The summed E-state index contributed by atoms with van der Waals surface area (Å²) < 4.78 is 0. The first kappa shape index (κ1) is 32.1. The van der Waals surface area contributed by atoms with E-state index in [0.717, 1.165) is 17.8 Å². The van der Waals surface area contributed by atoms with Gasteiger partial charge in [-0.3, -0.25) is 0 Å². The number of anilines is 3. The fourth-order valence-corrected chi connectivity index (χ4v) is 11.9. The van der Waals surface area contributed by atoms with Gasteiger partial charge in [-0.05, 0) is 150 Å². The molecule has 0 aromatic heterocycles. The predicted molar refractivity (Wildman–Crippen MR) is 219 cm³/mol. The lowest BCUT2D eigenvalue weighted by atomic mass is 9.48. The summed E-state index contributed by atoms with van der Waals surface area (Å²) in [5.74, 6) is 2.86. The van der Waals surface area contributed by atoms with Gasteiger partial charge in [0.05, 0.1) is 0 Å². The first-order valence-electron chi connectivity index (χ1n) is 20.3. The minimum atomic E-state index is 0.0841. The van der Waals surface area contributed by atoms with Crippen LogP contribution in [0.15, 0.2) is 146 Å². The van der Waals surface area contributed by atoms with Crippen molar-refractivity contribution in [1.29, 1.82) is 0 Å². The van der Waals surface area contributed by atoms with Crippen molar-refractivity contribution >= 4 is 27.8 Å². The smallest absolute Gasteiger partial charge is 0.0462 e. The maximum absolute atomic E-state index is 2.50. The van der Waals surface area contributed by atoms with Crippen LogP contribution in [0.3, 0.4) is 0 Å². The van der Waals surface area contributed by atoms with E-state index in [1.165, 1.54) is 127 Å². The molecular formula is C51H51N. The van der Waals surface area contributed by atoms with Crippen molar-refractivity contribution < 1.29 is 0 Å². The topological polar surface area (TPSA) is 3.24 Å². The van der Waals surface area contributed by atoms with E-state index in [1.807, 2.05) is 0 Å². The Hall–Kier alpha value is -4.62. The van der Waals surface area contributed by atoms with Crippen LogP contribution >= 0.6 is 0 Å². The standard InChI is InChI=1S/C51H51N/c1-2-9-30-51(29-8-1,43-13-4-3-5-14-43)44-21-27-47(28-22-44)52(45-23-17-41(18-24-45)49-16-10-12-40-11-6-7-15-48(40)49)46-25-19-42(20-26-46)50-34-37-31-38(35-50)33-39(32-37)36-50/h3-7,10-28,37-39H,1-2,8-9,29-36H2. The lowest BCUT2D eigenvalue weighted by Crippen LogP contribution is -2.48. The van der Waals surface area contributed by atoms with Gasteiger partial charge in [0.1, 0.15) is 0 Å². The van der Waals surface area contributed by atoms with E-state index >= 15 is 0 Å². The zero-order chi connectivity index (χ0) is 34.5. The molecule has 5 aliphatic carbocycles. The minimum Gasteiger partial charge on any atom is -0.311 e. The zero-order valence-corrected chi connectivity index (χ0v) is 30.5. The molecule has 0 amide bonds. The van der Waals surface area contributed by atoms with Crippen molar-refractivity contribution in [2.45, 2.75) is 87.9 Å². The molecular weight excluding hydrogens is 627 g/mol. The third-order valence-corrected chi connectivity index (χ3v) is 14.0. The van der Waals surface area contributed by atoms with Gasteiger partial charge in [0.25, 0.3) is 0 Å². The highest BCUT2D eigenvalue weighted by molar-refractivity contribution is 5.97. The second kappa shape index (κ2) is 13.1. The van der Waals surface area contributed by atoms with Crippen LogP contribution in [0, 0.1) is 17.8 Å². The van der Waals surface area contributed by atoms with Crippen molar-refractivity contribution in [2.75, 3.05) is 4.90 Å². The quantitative estimate of drug-likeness (QED) is 0.152. The Balaban J connectivity index is 1.03. The molecule has 6 aromatic carbocycles. The molecule has 0 spiro atoms. The molecule has 260 valence electrons. The van der Waals surface area contributed by atoms with E-state index in [4.69, 9.17) is 0 Å². The summed E-state index contributed by atoms with van der Waals surface area (Å²) in [6.45, 7) is 0. The molecule has 0 saturated heterocycles. The average Bonchev–Trinajstić information content (AvgIpc) is 3.46. The molecule has 5 saturated carbocycles. The van der Waals surface area contributed by atoms with E-state index in [1.54, 1.807) is 5.56 Å². The molecule has 4 bridgehead atoms. The molecule has 11 rings (SSSR count). The molecule has 52 heavy (non-hydrogen) atoms. The van der Waals surface area contributed by atoms with Crippen LogP contribution in [-0.2, 0) is 10.8 Å². The van der Waals surface area contributed by atoms with Crippen molar-refractivity contribution in [3.8, 4) is 11.1 Å². The Morgan fingerprint density at radius 1 is 0.423 bits per heavy atom. The minimum absolute atomic E-state index is 0.0841. The lowest BCUT2D eigenvalue weighted by molar-refractivity contribution is -0.00518. The van der Waals surface area contributed by atoms with Gasteiger partial charge in [-0.2, -0.15) is 0 Å². The fraction of sp³-hybridized carbons (Fsp3) is 0.333. The van der Waals surface area contributed by atoms with Gasteiger partial charge in [-0.15, -0.1) is 0 Å². The Labute approximate surface area is 310 Å². The number of hydrogen-bond acceptors (Lipinski definition) is 1. The van der Waals surface area contributed by atoms with Crippen molar-refractivity contribution in [3.63, 3.8) is 0 Å². The van der Waals surface area contributed by atoms with Gasteiger partial charge >= 0.3 is 0 Å². The van der Waals surface area contributed by atoms with Gasteiger partial charge in [0.15, 0.2) is 0 Å². The summed E-state index contributed by atoms with van der Waals surface area (Å²) in [7, 11) is 0. The molecule has 0 N–H and O–H groups in total. The van der Waals surface area contributed by atoms with E-state index in [2.05, 4.69) is 150 Å². The van der Waals surface area contributed by atoms with Crippen LogP contribution in [0.1, 0.15) is 93.7 Å². The van der Waals surface area contributed by atoms with Crippen LogP contribution in [0.4, 0.5) is 17.1 Å². The van der Waals surface area contributed by atoms with Crippen LogP contribution in [0.5, 0.6) is 0 Å². The van der Waals surface area contributed by atoms with Gasteiger partial charge < -0.3 is 4.90 Å². The number of benzene rings is 6. The average molecular weight is 678 g/mol. The zero-order valence-electron chi connectivity index (χ0n) is 30.5. The summed E-state index contributed by atoms with van der Waals surface area (Å²) >= 11 is 0. The van der Waals surface area contributed by atoms with Crippen molar-refractivity contribution in [1.82, 2.24) is 0 Å². The van der Waals surface area contributed by atoms with Crippen LogP contribution in [0.25, 0.3) is 21.9 Å². The first-order chi connectivity index (χ1) is 25.7. The van der Waals surface area contributed by atoms with Gasteiger partial charge in [0, 0.05) is 22.5 Å². The predicted octanol–water partition coefficient (Wildman–Crippen LogP) is 14.1. The lowest BCUT2D eigenvalue weighted by Gasteiger charge is -2.57. The van der Waals surface area contributed by atoms with Crippen LogP contribution < -0.4 is 4.90 Å². The molecule has 1 heteroatoms. The van der Waals surface area contributed by atoms with E-state index in [9.17, 15) is 0 Å². The number of nitrogens with zero attached hydrogens (tertiary/aromatic N) is 1. The molecule has 0 radical (unpaired) electrons. The molecule has 0 atom stereocenters. The number of hydrogen-bond donors (Lipinski definition) is 0. The SMILES string of the molecule is c1ccc(C2(c3ccc(N(c4ccc(-c5cccc6ccccc56)cc4)c4ccc(C56CC7CC(CC(C7)C5)C6)cc4)cc3)CCCCCC2)cc1. The van der Waals surface area contributed by atoms with Crippen LogP contribution in [-0.4, -0.2) is 0 Å².